The number of aromatic nitrogens is 2. The van der Waals surface area contributed by atoms with Crippen LogP contribution in [-0.2, 0) is 6.54 Å². The summed E-state index contributed by atoms with van der Waals surface area (Å²) in [6.45, 7) is 1.97. The lowest BCUT2D eigenvalue weighted by molar-refractivity contribution is 0.187. The van der Waals surface area contributed by atoms with Crippen LogP contribution < -0.4 is 0 Å². The Hall–Kier alpha value is -0.540. The number of nitrogens with zero attached hydrogens (tertiary/aromatic N) is 3. The lowest BCUT2D eigenvalue weighted by Crippen LogP contribution is -2.42. The Morgan fingerprint density at radius 3 is 2.94 bits per heavy atom. The molecule has 2 atom stereocenters. The second kappa shape index (κ2) is 5.69. The smallest absolute Gasteiger partial charge is 0.0536 e. The van der Waals surface area contributed by atoms with E-state index in [0.29, 0.717) is 11.4 Å². The number of halogens is 1. The maximum absolute atomic E-state index is 6.37. The van der Waals surface area contributed by atoms with E-state index in [4.69, 9.17) is 11.6 Å². The maximum Gasteiger partial charge on any atom is 0.0536 e. The summed E-state index contributed by atoms with van der Waals surface area (Å²) in [7, 11) is 2.18. The van der Waals surface area contributed by atoms with E-state index >= 15 is 0 Å². The number of hydrogen-bond acceptors (Lipinski definition) is 2. The first-order valence-electron chi connectivity index (χ1n) is 6.09. The normalized spacial score (nSPS) is 26.2. The zero-order chi connectivity index (χ0) is 11.4. The van der Waals surface area contributed by atoms with Crippen LogP contribution in [0.2, 0.25) is 0 Å². The summed E-state index contributed by atoms with van der Waals surface area (Å²) < 4.78 is 1.97. The maximum atomic E-state index is 6.37. The van der Waals surface area contributed by atoms with Gasteiger partial charge in [0.25, 0.3) is 0 Å². The minimum Gasteiger partial charge on any atom is -0.300 e. The first-order valence-corrected chi connectivity index (χ1v) is 6.53. The molecule has 90 valence electrons. The number of alkyl halides is 1. The van der Waals surface area contributed by atoms with Gasteiger partial charge >= 0.3 is 0 Å². The summed E-state index contributed by atoms with van der Waals surface area (Å²) in [5.41, 5.74) is 0. The Bertz CT molecular complexity index is 299. The number of rotatable bonds is 4. The summed E-state index contributed by atoms with van der Waals surface area (Å²) in [5, 5.41) is 4.54. The molecule has 0 radical (unpaired) electrons. The lowest BCUT2D eigenvalue weighted by Gasteiger charge is -2.34. The molecule has 1 aromatic rings. The third-order valence-electron chi connectivity index (χ3n) is 3.45. The van der Waals surface area contributed by atoms with E-state index in [0.717, 1.165) is 13.1 Å². The highest BCUT2D eigenvalue weighted by Crippen LogP contribution is 2.26. The van der Waals surface area contributed by atoms with E-state index in [1.54, 1.807) is 0 Å². The van der Waals surface area contributed by atoms with Crippen LogP contribution in [-0.4, -0.2) is 39.7 Å². The highest BCUT2D eigenvalue weighted by Gasteiger charge is 2.26. The van der Waals surface area contributed by atoms with E-state index in [1.165, 1.54) is 25.7 Å². The van der Waals surface area contributed by atoms with Crippen molar-refractivity contribution < 1.29 is 0 Å². The average molecular weight is 242 g/mol. The third kappa shape index (κ3) is 2.98. The third-order valence-corrected chi connectivity index (χ3v) is 3.96. The van der Waals surface area contributed by atoms with Crippen LogP contribution in [0.25, 0.3) is 0 Å². The summed E-state index contributed by atoms with van der Waals surface area (Å²) in [6.07, 6.45) is 8.84. The Morgan fingerprint density at radius 1 is 1.44 bits per heavy atom. The van der Waals surface area contributed by atoms with E-state index in [-0.39, 0.29) is 0 Å². The molecule has 1 heterocycles. The second-order valence-corrected chi connectivity index (χ2v) is 5.18. The molecule has 1 aromatic heterocycles. The number of likely N-dealkylation sites (N-methyl/N-ethyl adjacent to an activating group) is 1. The molecule has 0 saturated heterocycles. The summed E-state index contributed by atoms with van der Waals surface area (Å²) >= 11 is 6.37. The average Bonchev–Trinajstić information content (AvgIpc) is 2.79. The minimum absolute atomic E-state index is 0.330. The van der Waals surface area contributed by atoms with E-state index in [2.05, 4.69) is 17.0 Å². The predicted molar refractivity (Wildman–Crippen MR) is 66.8 cm³/mol. The SMILES string of the molecule is CN(CCn1cccn1)C1CCCCC1Cl. The van der Waals surface area contributed by atoms with Crippen LogP contribution >= 0.6 is 11.6 Å². The first-order chi connectivity index (χ1) is 7.77. The van der Waals surface area contributed by atoms with Gasteiger partial charge in [0, 0.05) is 30.4 Å². The molecule has 0 spiro atoms. The molecule has 2 rings (SSSR count). The molecule has 0 aliphatic heterocycles. The summed E-state index contributed by atoms with van der Waals surface area (Å²) in [5.74, 6) is 0. The lowest BCUT2D eigenvalue weighted by atomic mass is 9.94. The molecule has 2 unspecified atom stereocenters. The highest BCUT2D eigenvalue weighted by molar-refractivity contribution is 6.21. The van der Waals surface area contributed by atoms with Gasteiger partial charge in [-0.05, 0) is 26.0 Å². The van der Waals surface area contributed by atoms with Gasteiger partial charge in [-0.1, -0.05) is 12.8 Å². The molecule has 1 aliphatic carbocycles. The molecule has 1 aliphatic rings. The monoisotopic (exact) mass is 241 g/mol. The van der Waals surface area contributed by atoms with Crippen molar-refractivity contribution in [2.24, 2.45) is 0 Å². The van der Waals surface area contributed by atoms with Crippen molar-refractivity contribution in [3.8, 4) is 0 Å². The van der Waals surface area contributed by atoms with Crippen molar-refractivity contribution in [3.63, 3.8) is 0 Å². The van der Waals surface area contributed by atoms with E-state index in [9.17, 15) is 0 Å². The van der Waals surface area contributed by atoms with Crippen LogP contribution in [0, 0.1) is 0 Å². The minimum atomic E-state index is 0.330. The van der Waals surface area contributed by atoms with Gasteiger partial charge < -0.3 is 4.90 Å². The molecule has 0 N–H and O–H groups in total. The topological polar surface area (TPSA) is 21.1 Å². The van der Waals surface area contributed by atoms with Crippen LogP contribution in [0.5, 0.6) is 0 Å². The highest BCUT2D eigenvalue weighted by atomic mass is 35.5. The molecular weight excluding hydrogens is 222 g/mol. The predicted octanol–water partition coefficient (Wildman–Crippen LogP) is 2.36. The van der Waals surface area contributed by atoms with Gasteiger partial charge in [-0.2, -0.15) is 5.10 Å². The summed E-state index contributed by atoms with van der Waals surface area (Å²) in [6, 6.07) is 2.51. The van der Waals surface area contributed by atoms with Gasteiger partial charge in [0.05, 0.1) is 6.54 Å². The Morgan fingerprint density at radius 2 is 2.25 bits per heavy atom. The molecule has 0 aromatic carbocycles. The molecule has 1 fully saturated rings. The molecular formula is C12H20ClN3. The molecule has 0 amide bonds. The van der Waals surface area contributed by atoms with Crippen molar-refractivity contribution in [2.45, 2.75) is 43.6 Å². The zero-order valence-corrected chi connectivity index (χ0v) is 10.6. The van der Waals surface area contributed by atoms with Gasteiger partial charge in [-0.3, -0.25) is 4.68 Å². The Balaban J connectivity index is 1.80. The zero-order valence-electron chi connectivity index (χ0n) is 9.85. The Kier molecular flexibility index (Phi) is 4.24. The fraction of sp³-hybridized carbons (Fsp3) is 0.750. The standard InChI is InChI=1S/C12H20ClN3/c1-15(9-10-16-8-4-7-14-16)12-6-3-2-5-11(12)13/h4,7-8,11-12H,2-3,5-6,9-10H2,1H3. The van der Waals surface area contributed by atoms with Crippen LogP contribution in [0.1, 0.15) is 25.7 Å². The van der Waals surface area contributed by atoms with Crippen molar-refractivity contribution in [2.75, 3.05) is 13.6 Å². The molecule has 16 heavy (non-hydrogen) atoms. The van der Waals surface area contributed by atoms with Gasteiger partial charge in [-0.25, -0.2) is 0 Å². The van der Waals surface area contributed by atoms with E-state index in [1.807, 2.05) is 23.1 Å². The van der Waals surface area contributed by atoms with Gasteiger partial charge in [0.15, 0.2) is 0 Å². The first kappa shape index (κ1) is 11.9. The van der Waals surface area contributed by atoms with Crippen LogP contribution in [0.15, 0.2) is 18.5 Å². The molecule has 1 saturated carbocycles. The Labute approximate surface area is 102 Å². The van der Waals surface area contributed by atoms with Crippen molar-refractivity contribution in [3.05, 3.63) is 18.5 Å². The van der Waals surface area contributed by atoms with Crippen LogP contribution in [0.3, 0.4) is 0 Å². The molecule has 0 bridgehead atoms. The van der Waals surface area contributed by atoms with Crippen LogP contribution in [0.4, 0.5) is 0 Å². The van der Waals surface area contributed by atoms with Crippen molar-refractivity contribution in [1.29, 1.82) is 0 Å². The fourth-order valence-electron chi connectivity index (χ4n) is 2.42. The van der Waals surface area contributed by atoms with Crippen molar-refractivity contribution in [1.82, 2.24) is 14.7 Å². The van der Waals surface area contributed by atoms with Gasteiger partial charge in [0.2, 0.25) is 0 Å². The van der Waals surface area contributed by atoms with Gasteiger partial charge in [-0.15, -0.1) is 11.6 Å². The molecule has 3 nitrogen and oxygen atoms in total. The number of hydrogen-bond donors (Lipinski definition) is 0. The fourth-order valence-corrected chi connectivity index (χ4v) is 2.89. The quantitative estimate of drug-likeness (QED) is 0.755. The van der Waals surface area contributed by atoms with E-state index < -0.39 is 0 Å². The van der Waals surface area contributed by atoms with Crippen molar-refractivity contribution >= 4 is 11.6 Å². The molecule has 4 heteroatoms. The summed E-state index contributed by atoms with van der Waals surface area (Å²) in [4.78, 5) is 2.39. The largest absolute Gasteiger partial charge is 0.300 e. The van der Waals surface area contributed by atoms with Gasteiger partial charge in [0.1, 0.15) is 0 Å². The second-order valence-electron chi connectivity index (χ2n) is 4.62.